The number of phenolic OH excluding ortho intramolecular Hbond substituents is 1. The summed E-state index contributed by atoms with van der Waals surface area (Å²) in [5, 5.41) is 12.7. The number of hydrogen-bond donors (Lipinski definition) is 2. The molecule has 4 heteroatoms. The second-order valence-corrected chi connectivity index (χ2v) is 6.82. The third-order valence-electron chi connectivity index (χ3n) is 3.46. The molecule has 0 aliphatic carbocycles. The van der Waals surface area contributed by atoms with Gasteiger partial charge in [0.15, 0.2) is 0 Å². The Kier molecular flexibility index (Phi) is 5.99. The maximum atomic E-state index is 12.5. The average Bonchev–Trinajstić information content (AvgIpc) is 2.52. The molecule has 2 rings (SSSR count). The normalized spacial score (nSPS) is 12.6. The minimum absolute atomic E-state index is 0.213. The quantitative estimate of drug-likeness (QED) is 0.798. The van der Waals surface area contributed by atoms with Gasteiger partial charge in [0.2, 0.25) is 0 Å². The van der Waals surface area contributed by atoms with Gasteiger partial charge in [0.05, 0.1) is 0 Å². The first kappa shape index (κ1) is 18.0. The van der Waals surface area contributed by atoms with Crippen molar-refractivity contribution in [3.63, 3.8) is 0 Å². The third-order valence-corrected chi connectivity index (χ3v) is 3.46. The molecule has 24 heavy (non-hydrogen) atoms. The van der Waals surface area contributed by atoms with E-state index in [2.05, 4.69) is 5.32 Å². The molecule has 0 radical (unpaired) electrons. The number of aromatic hydroxyl groups is 1. The first-order valence-corrected chi connectivity index (χ1v) is 8.11. The Hall–Kier alpha value is -2.33. The Morgan fingerprint density at radius 1 is 1.04 bits per heavy atom. The Morgan fingerprint density at radius 2 is 1.67 bits per heavy atom. The lowest BCUT2D eigenvalue weighted by atomic mass is 10.0. The summed E-state index contributed by atoms with van der Waals surface area (Å²) in [4.78, 5) is 12.5. The smallest absolute Gasteiger partial charge is 0.324 e. The number of phenols is 1. The molecule has 0 aliphatic rings. The van der Waals surface area contributed by atoms with Crippen LogP contribution in [0, 0.1) is 0 Å². The van der Waals surface area contributed by atoms with Crippen molar-refractivity contribution in [1.29, 1.82) is 0 Å². The zero-order chi connectivity index (χ0) is 17.6. The second-order valence-electron chi connectivity index (χ2n) is 6.82. The van der Waals surface area contributed by atoms with Crippen LogP contribution in [0.25, 0.3) is 0 Å². The van der Waals surface area contributed by atoms with E-state index < -0.39 is 11.6 Å². The first-order chi connectivity index (χ1) is 11.3. The predicted octanol–water partition coefficient (Wildman–Crippen LogP) is 3.43. The van der Waals surface area contributed by atoms with Crippen molar-refractivity contribution in [3.05, 3.63) is 65.7 Å². The van der Waals surface area contributed by atoms with Gasteiger partial charge >= 0.3 is 5.97 Å². The molecule has 0 saturated heterocycles. The number of esters is 1. The molecular formula is C20H25NO3. The van der Waals surface area contributed by atoms with E-state index in [0.717, 1.165) is 11.1 Å². The van der Waals surface area contributed by atoms with Crippen LogP contribution in [0.2, 0.25) is 0 Å². The summed E-state index contributed by atoms with van der Waals surface area (Å²) in [7, 11) is 0. The van der Waals surface area contributed by atoms with Crippen molar-refractivity contribution in [2.45, 2.75) is 45.4 Å². The molecule has 1 atom stereocenters. The van der Waals surface area contributed by atoms with Gasteiger partial charge in [-0.25, -0.2) is 0 Å². The molecule has 2 aromatic rings. The van der Waals surface area contributed by atoms with Gasteiger partial charge in [0, 0.05) is 6.54 Å². The number of hydrogen-bond acceptors (Lipinski definition) is 4. The number of carbonyl (C=O) groups is 1. The molecular weight excluding hydrogens is 302 g/mol. The Labute approximate surface area is 143 Å². The van der Waals surface area contributed by atoms with Crippen molar-refractivity contribution in [3.8, 4) is 5.75 Å². The molecule has 0 aromatic heterocycles. The zero-order valence-corrected chi connectivity index (χ0v) is 14.5. The van der Waals surface area contributed by atoms with E-state index in [1.165, 1.54) is 0 Å². The van der Waals surface area contributed by atoms with Gasteiger partial charge < -0.3 is 15.2 Å². The maximum absolute atomic E-state index is 12.5. The fraction of sp³-hybridized carbons (Fsp3) is 0.350. The maximum Gasteiger partial charge on any atom is 0.324 e. The highest BCUT2D eigenvalue weighted by Crippen LogP contribution is 2.14. The fourth-order valence-electron chi connectivity index (χ4n) is 2.32. The van der Waals surface area contributed by atoms with Crippen molar-refractivity contribution < 1.29 is 14.6 Å². The predicted molar refractivity (Wildman–Crippen MR) is 94.7 cm³/mol. The molecule has 0 aliphatic heterocycles. The zero-order valence-electron chi connectivity index (χ0n) is 14.5. The minimum atomic E-state index is -0.529. The highest BCUT2D eigenvalue weighted by molar-refractivity contribution is 5.76. The number of nitrogens with one attached hydrogen (secondary N) is 1. The summed E-state index contributed by atoms with van der Waals surface area (Å²) in [6, 6.07) is 16.4. The SMILES string of the molecule is CC(C)(C)OC(=O)[C@H](Cc1ccc(O)cc1)NCc1ccccc1. The van der Waals surface area contributed by atoms with E-state index in [9.17, 15) is 9.90 Å². The van der Waals surface area contributed by atoms with E-state index in [4.69, 9.17) is 4.74 Å². The van der Waals surface area contributed by atoms with E-state index in [1.54, 1.807) is 12.1 Å². The van der Waals surface area contributed by atoms with Crippen LogP contribution in [-0.4, -0.2) is 22.7 Å². The Balaban J connectivity index is 2.08. The van der Waals surface area contributed by atoms with Crippen LogP contribution in [0.1, 0.15) is 31.9 Å². The van der Waals surface area contributed by atoms with Gasteiger partial charge in [-0.2, -0.15) is 0 Å². The van der Waals surface area contributed by atoms with E-state index >= 15 is 0 Å². The van der Waals surface area contributed by atoms with Gasteiger partial charge in [-0.1, -0.05) is 42.5 Å². The summed E-state index contributed by atoms with van der Waals surface area (Å²) >= 11 is 0. The molecule has 0 spiro atoms. The molecule has 4 nitrogen and oxygen atoms in total. The van der Waals surface area contributed by atoms with Gasteiger partial charge in [-0.3, -0.25) is 4.79 Å². The third kappa shape index (κ3) is 6.05. The van der Waals surface area contributed by atoms with E-state index in [1.807, 2.05) is 63.2 Å². The van der Waals surface area contributed by atoms with Crippen LogP contribution in [0.3, 0.4) is 0 Å². The number of ether oxygens (including phenoxy) is 1. The van der Waals surface area contributed by atoms with Crippen molar-refractivity contribution in [1.82, 2.24) is 5.32 Å². The number of carbonyl (C=O) groups excluding carboxylic acids is 1. The summed E-state index contributed by atoms with van der Waals surface area (Å²) in [6.45, 7) is 6.17. The average molecular weight is 327 g/mol. The lowest BCUT2D eigenvalue weighted by molar-refractivity contribution is -0.157. The molecule has 0 saturated carbocycles. The van der Waals surface area contributed by atoms with Crippen LogP contribution >= 0.6 is 0 Å². The highest BCUT2D eigenvalue weighted by atomic mass is 16.6. The topological polar surface area (TPSA) is 58.6 Å². The lowest BCUT2D eigenvalue weighted by Gasteiger charge is -2.25. The van der Waals surface area contributed by atoms with Crippen LogP contribution < -0.4 is 5.32 Å². The number of benzene rings is 2. The van der Waals surface area contributed by atoms with Crippen LogP contribution in [-0.2, 0) is 22.5 Å². The fourth-order valence-corrected chi connectivity index (χ4v) is 2.32. The van der Waals surface area contributed by atoms with E-state index in [0.29, 0.717) is 13.0 Å². The van der Waals surface area contributed by atoms with Gasteiger partial charge in [0.1, 0.15) is 17.4 Å². The summed E-state index contributed by atoms with van der Waals surface area (Å²) in [6.07, 6.45) is 0.502. The molecule has 0 unspecified atom stereocenters. The standard InChI is InChI=1S/C20H25NO3/c1-20(2,3)24-19(23)18(13-15-9-11-17(22)12-10-15)21-14-16-7-5-4-6-8-16/h4-12,18,21-22H,13-14H2,1-3H3/t18-/m0/s1. The van der Waals surface area contributed by atoms with Crippen molar-refractivity contribution in [2.24, 2.45) is 0 Å². The molecule has 0 amide bonds. The van der Waals surface area contributed by atoms with E-state index in [-0.39, 0.29) is 11.7 Å². The summed E-state index contributed by atoms with van der Waals surface area (Å²) in [5.74, 6) is -0.0590. The largest absolute Gasteiger partial charge is 0.508 e. The second kappa shape index (κ2) is 7.97. The molecule has 128 valence electrons. The van der Waals surface area contributed by atoms with Crippen molar-refractivity contribution in [2.75, 3.05) is 0 Å². The lowest BCUT2D eigenvalue weighted by Crippen LogP contribution is -2.42. The molecule has 2 N–H and O–H groups in total. The van der Waals surface area contributed by atoms with Gasteiger partial charge in [-0.05, 0) is 50.5 Å². The van der Waals surface area contributed by atoms with Crippen LogP contribution in [0.5, 0.6) is 5.75 Å². The molecule has 2 aromatic carbocycles. The molecule has 0 heterocycles. The number of rotatable bonds is 6. The van der Waals surface area contributed by atoms with Crippen molar-refractivity contribution >= 4 is 5.97 Å². The van der Waals surface area contributed by atoms with Crippen LogP contribution in [0.4, 0.5) is 0 Å². The van der Waals surface area contributed by atoms with Crippen LogP contribution in [0.15, 0.2) is 54.6 Å². The summed E-state index contributed by atoms with van der Waals surface area (Å²) in [5.41, 5.74) is 1.54. The first-order valence-electron chi connectivity index (χ1n) is 8.11. The highest BCUT2D eigenvalue weighted by Gasteiger charge is 2.25. The van der Waals surface area contributed by atoms with Gasteiger partial charge in [0.25, 0.3) is 0 Å². The summed E-state index contributed by atoms with van der Waals surface area (Å²) < 4.78 is 5.53. The van der Waals surface area contributed by atoms with Gasteiger partial charge in [-0.15, -0.1) is 0 Å². The Morgan fingerprint density at radius 3 is 2.25 bits per heavy atom. The molecule has 0 fully saturated rings. The molecule has 0 bridgehead atoms. The Bertz CT molecular complexity index is 645. The minimum Gasteiger partial charge on any atom is -0.508 e. The monoisotopic (exact) mass is 327 g/mol.